The quantitative estimate of drug-likeness (QED) is 0.625. The van der Waals surface area contributed by atoms with E-state index in [2.05, 4.69) is 17.1 Å². The third-order valence-corrected chi connectivity index (χ3v) is 5.83. The lowest BCUT2D eigenvalue weighted by Gasteiger charge is -2.30. The van der Waals surface area contributed by atoms with Crippen molar-refractivity contribution in [2.75, 3.05) is 39.2 Å². The van der Waals surface area contributed by atoms with Crippen LogP contribution in [0.1, 0.15) is 19.8 Å². The topological polar surface area (TPSA) is 81.0 Å². The van der Waals surface area contributed by atoms with Gasteiger partial charge in [-0.25, -0.2) is 0 Å². The number of benzene rings is 2. The Morgan fingerprint density at radius 2 is 1.94 bits per heavy atom. The maximum absolute atomic E-state index is 13.4. The summed E-state index contributed by atoms with van der Waals surface area (Å²) in [5.74, 6) is 1.52. The monoisotopic (exact) mass is 436 g/mol. The molecule has 1 aliphatic rings. The molecule has 1 aliphatic heterocycles. The van der Waals surface area contributed by atoms with Crippen LogP contribution in [-0.4, -0.2) is 44.7 Å². The van der Waals surface area contributed by atoms with Gasteiger partial charge in [-0.15, -0.1) is 0 Å². The Labute approximate surface area is 186 Å². The molecule has 1 N–H and O–H groups in total. The zero-order valence-electron chi connectivity index (χ0n) is 18.6. The fourth-order valence-corrected chi connectivity index (χ4v) is 4.28. The normalized spacial score (nSPS) is 16.7. The number of piperidine rings is 1. The highest BCUT2D eigenvalue weighted by atomic mass is 16.5. The molecule has 4 rings (SSSR count). The molecule has 1 amide bonds. The minimum atomic E-state index is -0.221. The molecule has 1 fully saturated rings. The lowest BCUT2D eigenvalue weighted by molar-refractivity contribution is -0.117. The van der Waals surface area contributed by atoms with Crippen LogP contribution in [-0.2, 0) is 4.79 Å². The number of hydrogen-bond acceptors (Lipinski definition) is 6. The van der Waals surface area contributed by atoms with Gasteiger partial charge in [0.1, 0.15) is 5.58 Å². The number of carbonyl (C=O) groups excluding carboxylic acids is 1. The molecule has 0 spiro atoms. The van der Waals surface area contributed by atoms with Crippen LogP contribution in [0.3, 0.4) is 0 Å². The van der Waals surface area contributed by atoms with Gasteiger partial charge in [-0.3, -0.25) is 19.8 Å². The summed E-state index contributed by atoms with van der Waals surface area (Å²) in [5, 5.41) is 3.30. The summed E-state index contributed by atoms with van der Waals surface area (Å²) in [4.78, 5) is 28.4. The average Bonchev–Trinajstić information content (AvgIpc) is 2.79. The molecule has 0 bridgehead atoms. The van der Waals surface area contributed by atoms with Crippen molar-refractivity contribution in [3.8, 4) is 22.6 Å². The Morgan fingerprint density at radius 1 is 1.16 bits per heavy atom. The van der Waals surface area contributed by atoms with Gasteiger partial charge in [-0.05, 0) is 55.1 Å². The molecule has 7 nitrogen and oxygen atoms in total. The van der Waals surface area contributed by atoms with Gasteiger partial charge < -0.3 is 13.9 Å². The molecule has 0 unspecified atom stereocenters. The van der Waals surface area contributed by atoms with Gasteiger partial charge in [-0.1, -0.05) is 25.1 Å². The second kappa shape index (κ2) is 9.44. The molecule has 32 heavy (non-hydrogen) atoms. The molecule has 7 heteroatoms. The molecule has 0 radical (unpaired) electrons. The highest BCUT2D eigenvalue weighted by molar-refractivity contribution is 5.97. The van der Waals surface area contributed by atoms with E-state index in [4.69, 9.17) is 13.9 Å². The summed E-state index contributed by atoms with van der Waals surface area (Å²) in [6, 6.07) is 12.2. The van der Waals surface area contributed by atoms with Crippen LogP contribution in [0.4, 0.5) is 5.88 Å². The minimum Gasteiger partial charge on any atom is -0.493 e. The first-order valence-electron chi connectivity index (χ1n) is 10.8. The maximum Gasteiger partial charge on any atom is 0.240 e. The summed E-state index contributed by atoms with van der Waals surface area (Å²) in [7, 11) is 3.09. The highest BCUT2D eigenvalue weighted by Crippen LogP contribution is 2.35. The Kier molecular flexibility index (Phi) is 6.46. The number of anilines is 1. The molecular formula is C25H28N2O5. The van der Waals surface area contributed by atoms with Crippen LogP contribution in [0.5, 0.6) is 11.5 Å². The number of rotatable bonds is 6. The van der Waals surface area contributed by atoms with Crippen LogP contribution in [0.25, 0.3) is 22.1 Å². The first-order valence-corrected chi connectivity index (χ1v) is 10.8. The van der Waals surface area contributed by atoms with Gasteiger partial charge in [0.25, 0.3) is 0 Å². The Bertz CT molecular complexity index is 1190. The Morgan fingerprint density at radius 3 is 2.69 bits per heavy atom. The molecule has 2 heterocycles. The molecule has 1 aromatic heterocycles. The summed E-state index contributed by atoms with van der Waals surface area (Å²) in [6.45, 7) is 4.23. The van der Waals surface area contributed by atoms with E-state index in [1.54, 1.807) is 49.6 Å². The number of hydrogen-bond donors (Lipinski definition) is 1. The van der Waals surface area contributed by atoms with Crippen molar-refractivity contribution in [2.45, 2.75) is 19.8 Å². The lowest BCUT2D eigenvalue weighted by Crippen LogP contribution is -2.39. The largest absolute Gasteiger partial charge is 0.493 e. The number of amides is 1. The SMILES string of the molecule is COc1ccc(-c2c(NC(=O)CN3CCC[C@@H](C)C3)oc3ccccc3c2=O)cc1OC. The summed E-state index contributed by atoms with van der Waals surface area (Å²) in [6.07, 6.45) is 2.26. The van der Waals surface area contributed by atoms with Crippen molar-refractivity contribution in [1.29, 1.82) is 0 Å². The van der Waals surface area contributed by atoms with E-state index in [0.717, 1.165) is 19.5 Å². The van der Waals surface area contributed by atoms with Gasteiger partial charge in [0.2, 0.25) is 17.2 Å². The number of carbonyl (C=O) groups is 1. The van der Waals surface area contributed by atoms with Crippen molar-refractivity contribution in [1.82, 2.24) is 4.90 Å². The third kappa shape index (κ3) is 4.48. The molecule has 0 saturated carbocycles. The zero-order chi connectivity index (χ0) is 22.7. The molecular weight excluding hydrogens is 408 g/mol. The van der Waals surface area contributed by atoms with E-state index >= 15 is 0 Å². The number of methoxy groups -OCH3 is 2. The van der Waals surface area contributed by atoms with Crippen LogP contribution >= 0.6 is 0 Å². The van der Waals surface area contributed by atoms with Crippen molar-refractivity contribution in [3.63, 3.8) is 0 Å². The van der Waals surface area contributed by atoms with Crippen molar-refractivity contribution in [3.05, 3.63) is 52.7 Å². The predicted octanol–water partition coefficient (Wildman–Crippen LogP) is 4.15. The van der Waals surface area contributed by atoms with Gasteiger partial charge in [0.15, 0.2) is 11.5 Å². The van der Waals surface area contributed by atoms with E-state index in [0.29, 0.717) is 33.9 Å². The summed E-state index contributed by atoms with van der Waals surface area (Å²) < 4.78 is 16.7. The lowest BCUT2D eigenvalue weighted by atomic mass is 10.0. The van der Waals surface area contributed by atoms with Crippen LogP contribution in [0.2, 0.25) is 0 Å². The van der Waals surface area contributed by atoms with Crippen LogP contribution in [0.15, 0.2) is 51.7 Å². The molecule has 0 aliphatic carbocycles. The van der Waals surface area contributed by atoms with Crippen LogP contribution < -0.4 is 20.2 Å². The van der Waals surface area contributed by atoms with E-state index in [-0.39, 0.29) is 29.3 Å². The first-order chi connectivity index (χ1) is 15.5. The number of nitrogens with one attached hydrogen (secondary N) is 1. The predicted molar refractivity (Wildman–Crippen MR) is 124 cm³/mol. The van der Waals surface area contributed by atoms with Gasteiger partial charge in [-0.2, -0.15) is 0 Å². The number of ether oxygens (including phenoxy) is 2. The Hall–Kier alpha value is -3.32. The maximum atomic E-state index is 13.4. The number of fused-ring (bicyclic) bond motifs is 1. The van der Waals surface area contributed by atoms with Crippen molar-refractivity contribution in [2.24, 2.45) is 5.92 Å². The van der Waals surface area contributed by atoms with Crippen molar-refractivity contribution >= 4 is 22.8 Å². The smallest absolute Gasteiger partial charge is 0.240 e. The van der Waals surface area contributed by atoms with Crippen LogP contribution in [0, 0.1) is 5.92 Å². The van der Waals surface area contributed by atoms with E-state index in [1.807, 2.05) is 0 Å². The van der Waals surface area contributed by atoms with E-state index < -0.39 is 0 Å². The molecule has 3 aromatic rings. The average molecular weight is 437 g/mol. The van der Waals surface area contributed by atoms with Gasteiger partial charge in [0.05, 0.1) is 31.7 Å². The number of para-hydroxylation sites is 1. The first kappa shape index (κ1) is 21.9. The number of likely N-dealkylation sites (tertiary alicyclic amines) is 1. The summed E-state index contributed by atoms with van der Waals surface area (Å²) >= 11 is 0. The minimum absolute atomic E-state index is 0.135. The second-order valence-corrected chi connectivity index (χ2v) is 8.23. The number of nitrogens with zero attached hydrogens (tertiary/aromatic N) is 1. The third-order valence-electron chi connectivity index (χ3n) is 5.83. The van der Waals surface area contributed by atoms with Crippen molar-refractivity contribution < 1.29 is 18.7 Å². The molecule has 1 atom stereocenters. The highest BCUT2D eigenvalue weighted by Gasteiger charge is 2.22. The Balaban J connectivity index is 1.74. The van der Waals surface area contributed by atoms with E-state index in [1.165, 1.54) is 13.5 Å². The molecule has 2 aromatic carbocycles. The summed E-state index contributed by atoms with van der Waals surface area (Å²) in [5.41, 5.74) is 1.05. The fourth-order valence-electron chi connectivity index (χ4n) is 4.28. The molecule has 168 valence electrons. The fraction of sp³-hybridized carbons (Fsp3) is 0.360. The van der Waals surface area contributed by atoms with E-state index in [9.17, 15) is 9.59 Å². The zero-order valence-corrected chi connectivity index (χ0v) is 18.6. The van der Waals surface area contributed by atoms with Gasteiger partial charge in [0, 0.05) is 6.54 Å². The standard InChI is InChI=1S/C25H28N2O5/c1-16-7-6-12-27(14-16)15-22(28)26-25-23(17-10-11-20(30-2)21(13-17)31-3)24(29)18-8-4-5-9-19(18)32-25/h4-5,8-11,13,16H,6-7,12,14-15H2,1-3H3,(H,26,28)/t16-/m1/s1. The van der Waals surface area contributed by atoms with Gasteiger partial charge >= 0.3 is 0 Å². The second-order valence-electron chi connectivity index (χ2n) is 8.23. The molecule has 1 saturated heterocycles.